The van der Waals surface area contributed by atoms with E-state index in [1.807, 2.05) is 25.1 Å². The summed E-state index contributed by atoms with van der Waals surface area (Å²) in [6.45, 7) is 1.82. The number of rotatable bonds is 6. The molecule has 1 aromatic carbocycles. The summed E-state index contributed by atoms with van der Waals surface area (Å²) in [6.07, 6.45) is 0.733. The normalized spacial score (nSPS) is 18.3. The zero-order chi connectivity index (χ0) is 17.7. The van der Waals surface area contributed by atoms with E-state index in [9.17, 15) is 19.4 Å². The van der Waals surface area contributed by atoms with Crippen molar-refractivity contribution in [1.82, 2.24) is 10.2 Å². The molecule has 0 spiro atoms. The van der Waals surface area contributed by atoms with Crippen LogP contribution in [0.2, 0.25) is 0 Å². The van der Waals surface area contributed by atoms with E-state index in [0.29, 0.717) is 17.2 Å². The Hall–Kier alpha value is -2.02. The fourth-order valence-electron chi connectivity index (χ4n) is 2.52. The van der Waals surface area contributed by atoms with Crippen molar-refractivity contribution in [2.75, 3.05) is 20.2 Å². The largest absolute Gasteiger partial charge is 0.664 e. The molecule has 8 nitrogen and oxygen atoms in total. The minimum absolute atomic E-state index is 0.125. The summed E-state index contributed by atoms with van der Waals surface area (Å²) in [4.78, 5) is 22.8. The van der Waals surface area contributed by atoms with Crippen molar-refractivity contribution in [3.63, 3.8) is 0 Å². The number of benzene rings is 1. The summed E-state index contributed by atoms with van der Waals surface area (Å²) in [5.74, 6) is -0.597. The summed E-state index contributed by atoms with van der Waals surface area (Å²) in [5.41, 5.74) is 1.54. The fraction of sp³-hybridized carbons (Fsp3) is 0.467. The molecular formula is C15H20N2O6P+. The van der Waals surface area contributed by atoms with Crippen LogP contribution in [0.15, 0.2) is 18.2 Å². The summed E-state index contributed by atoms with van der Waals surface area (Å²) in [6, 6.07) is 5.46. The molecule has 0 saturated carbocycles. The van der Waals surface area contributed by atoms with Gasteiger partial charge in [0.15, 0.2) is 5.75 Å². The molecule has 0 bridgehead atoms. The topological polar surface area (TPSA) is 105 Å². The maximum absolute atomic E-state index is 12.0. The summed E-state index contributed by atoms with van der Waals surface area (Å²) < 4.78 is 22.0. The third kappa shape index (κ3) is 4.50. The standard InChI is InChI=1S/C15H20N2O6P/c1-10-4-3-5-12(11-6-7-17(20)13(18)8-11)15(10)23-24(21)16-9-14(19)22-2/h3-5,11,20H,6-9H2,1-2H3,(H,16,21)/q+1. The van der Waals surface area contributed by atoms with E-state index in [4.69, 9.17) is 4.52 Å². The molecule has 2 atom stereocenters. The molecule has 0 aliphatic carbocycles. The molecule has 1 amide bonds. The number of amides is 1. The first-order chi connectivity index (χ1) is 11.4. The van der Waals surface area contributed by atoms with E-state index >= 15 is 0 Å². The number of esters is 1. The Bertz CT molecular complexity index is 651. The minimum atomic E-state index is -2.31. The monoisotopic (exact) mass is 355 g/mol. The molecule has 1 aromatic rings. The van der Waals surface area contributed by atoms with Gasteiger partial charge >= 0.3 is 14.1 Å². The van der Waals surface area contributed by atoms with Gasteiger partial charge in [-0.25, -0.2) is 9.59 Å². The number of piperidine rings is 1. The second kappa shape index (κ2) is 8.19. The Labute approximate surface area is 140 Å². The van der Waals surface area contributed by atoms with Gasteiger partial charge in [-0.05, 0) is 24.8 Å². The van der Waals surface area contributed by atoms with E-state index < -0.39 is 14.1 Å². The first kappa shape index (κ1) is 18.3. The molecule has 2 rings (SSSR count). The van der Waals surface area contributed by atoms with Crippen LogP contribution in [0.1, 0.15) is 29.9 Å². The Kier molecular flexibility index (Phi) is 6.25. The van der Waals surface area contributed by atoms with Crippen LogP contribution >= 0.6 is 8.18 Å². The lowest BCUT2D eigenvalue weighted by Gasteiger charge is -2.27. The van der Waals surface area contributed by atoms with Gasteiger partial charge < -0.3 is 4.74 Å². The Balaban J connectivity index is 2.13. The molecule has 1 aliphatic heterocycles. The van der Waals surface area contributed by atoms with Crippen molar-refractivity contribution >= 4 is 20.1 Å². The minimum Gasteiger partial charge on any atom is -0.468 e. The first-order valence-electron chi connectivity index (χ1n) is 7.46. The molecular weight excluding hydrogens is 335 g/mol. The SMILES string of the molecule is COC(=O)CN[P+](=O)Oc1c(C)cccc1C1CCN(O)C(=O)C1. The molecule has 2 N–H and O–H groups in total. The molecule has 1 aliphatic rings. The number of nitrogens with one attached hydrogen (secondary N) is 1. The second-order valence-electron chi connectivity index (χ2n) is 5.46. The van der Waals surface area contributed by atoms with Gasteiger partial charge in [0.25, 0.3) is 0 Å². The second-order valence-corrected chi connectivity index (χ2v) is 6.47. The number of aryl methyl sites for hydroxylation is 1. The van der Waals surface area contributed by atoms with Crippen LogP contribution in [0.5, 0.6) is 5.75 Å². The molecule has 24 heavy (non-hydrogen) atoms. The zero-order valence-corrected chi connectivity index (χ0v) is 14.4. The van der Waals surface area contributed by atoms with Crippen LogP contribution in [-0.4, -0.2) is 42.3 Å². The lowest BCUT2D eigenvalue weighted by atomic mass is 9.88. The van der Waals surface area contributed by atoms with Crippen LogP contribution in [0.4, 0.5) is 0 Å². The van der Waals surface area contributed by atoms with Crippen molar-refractivity contribution in [3.05, 3.63) is 29.3 Å². The van der Waals surface area contributed by atoms with Crippen LogP contribution in [0, 0.1) is 6.92 Å². The Morgan fingerprint density at radius 3 is 2.92 bits per heavy atom. The molecule has 1 heterocycles. The van der Waals surface area contributed by atoms with Gasteiger partial charge in [-0.15, -0.1) is 0 Å². The van der Waals surface area contributed by atoms with E-state index in [1.54, 1.807) is 0 Å². The third-order valence-electron chi connectivity index (χ3n) is 3.83. The predicted octanol–water partition coefficient (Wildman–Crippen LogP) is 1.89. The van der Waals surface area contributed by atoms with Crippen LogP contribution < -0.4 is 9.61 Å². The summed E-state index contributed by atoms with van der Waals surface area (Å²) in [7, 11) is -1.08. The first-order valence-corrected chi connectivity index (χ1v) is 8.64. The average Bonchev–Trinajstić information content (AvgIpc) is 2.57. The number of para-hydroxylation sites is 1. The Morgan fingerprint density at radius 1 is 1.50 bits per heavy atom. The fourth-order valence-corrected chi connectivity index (χ4v) is 3.26. The lowest BCUT2D eigenvalue weighted by molar-refractivity contribution is -0.170. The quantitative estimate of drug-likeness (QED) is 0.456. The van der Waals surface area contributed by atoms with Crippen molar-refractivity contribution in [3.8, 4) is 5.75 Å². The molecule has 9 heteroatoms. The highest BCUT2D eigenvalue weighted by molar-refractivity contribution is 7.37. The van der Waals surface area contributed by atoms with E-state index in [2.05, 4.69) is 9.82 Å². The third-order valence-corrected chi connectivity index (χ3v) is 4.60. The van der Waals surface area contributed by atoms with Gasteiger partial charge in [-0.1, -0.05) is 23.3 Å². The number of carbonyl (C=O) groups is 2. The maximum Gasteiger partial charge on any atom is 0.664 e. The number of ether oxygens (including phenoxy) is 1. The summed E-state index contributed by atoms with van der Waals surface area (Å²) >= 11 is 0. The van der Waals surface area contributed by atoms with E-state index in [0.717, 1.165) is 11.1 Å². The Morgan fingerprint density at radius 2 is 2.25 bits per heavy atom. The highest BCUT2D eigenvalue weighted by atomic mass is 31.1. The van der Waals surface area contributed by atoms with Crippen molar-refractivity contribution in [1.29, 1.82) is 0 Å². The maximum atomic E-state index is 12.0. The highest BCUT2D eigenvalue weighted by Crippen LogP contribution is 2.39. The molecule has 1 fully saturated rings. The number of methoxy groups -OCH3 is 1. The van der Waals surface area contributed by atoms with Gasteiger partial charge in [0.1, 0.15) is 6.54 Å². The number of hydroxylamine groups is 2. The van der Waals surface area contributed by atoms with Gasteiger partial charge in [-0.2, -0.15) is 0 Å². The van der Waals surface area contributed by atoms with Crippen LogP contribution in [0.3, 0.4) is 0 Å². The average molecular weight is 355 g/mol. The number of nitrogens with zero attached hydrogens (tertiary/aromatic N) is 1. The predicted molar refractivity (Wildman–Crippen MR) is 84.9 cm³/mol. The van der Waals surface area contributed by atoms with Crippen LogP contribution in [-0.2, 0) is 18.9 Å². The zero-order valence-electron chi connectivity index (χ0n) is 13.5. The number of carbonyl (C=O) groups excluding carboxylic acids is 2. The molecule has 2 unspecified atom stereocenters. The van der Waals surface area contributed by atoms with Gasteiger partial charge in [0.05, 0.1) is 7.11 Å². The number of hydrogen-bond donors (Lipinski definition) is 2. The van der Waals surface area contributed by atoms with Crippen molar-refractivity contribution < 1.29 is 28.6 Å². The van der Waals surface area contributed by atoms with Crippen LogP contribution in [0.25, 0.3) is 0 Å². The van der Waals surface area contributed by atoms with Gasteiger partial charge in [-0.3, -0.25) is 14.8 Å². The number of hydrogen-bond acceptors (Lipinski definition) is 6. The molecule has 1 saturated heterocycles. The van der Waals surface area contributed by atoms with Crippen molar-refractivity contribution in [2.45, 2.75) is 25.7 Å². The highest BCUT2D eigenvalue weighted by Gasteiger charge is 2.31. The lowest BCUT2D eigenvalue weighted by Crippen LogP contribution is -2.35. The van der Waals surface area contributed by atoms with Crippen molar-refractivity contribution in [2.24, 2.45) is 0 Å². The smallest absolute Gasteiger partial charge is 0.468 e. The van der Waals surface area contributed by atoms with Gasteiger partial charge in [0, 0.05) is 23.1 Å². The molecule has 130 valence electrons. The van der Waals surface area contributed by atoms with E-state index in [1.165, 1.54) is 7.11 Å². The summed E-state index contributed by atoms with van der Waals surface area (Å²) in [5, 5.41) is 12.6. The van der Waals surface area contributed by atoms with Gasteiger partial charge in [0.2, 0.25) is 5.91 Å². The molecule has 0 radical (unpaired) electrons. The molecule has 0 aromatic heterocycles. The van der Waals surface area contributed by atoms with E-state index in [-0.39, 0.29) is 31.3 Å².